The van der Waals surface area contributed by atoms with Crippen LogP contribution < -0.4 is 81.8 Å². The number of urea groups is 1. The van der Waals surface area contributed by atoms with Gasteiger partial charge in [-0.3, -0.25) is 10.1 Å². The van der Waals surface area contributed by atoms with Crippen molar-refractivity contribution in [3.05, 3.63) is 127 Å². The van der Waals surface area contributed by atoms with Crippen molar-refractivity contribution >= 4 is 35.1 Å². The first-order valence-electron chi connectivity index (χ1n) is 15.2. The number of hydrogen-bond acceptors (Lipinski definition) is 6. The van der Waals surface area contributed by atoms with E-state index in [1.54, 1.807) is 51.7 Å². The maximum Gasteiger partial charge on any atom is 1.00 e. The molecule has 5 aromatic rings. The van der Waals surface area contributed by atoms with Crippen LogP contribution in [0.5, 0.6) is 17.2 Å². The van der Waals surface area contributed by atoms with Crippen LogP contribution in [0.25, 0.3) is 5.69 Å². The Morgan fingerprint density at radius 1 is 0.960 bits per heavy atom. The molecule has 2 amide bonds. The van der Waals surface area contributed by atoms with Gasteiger partial charge in [-0.2, -0.15) is 5.10 Å². The van der Waals surface area contributed by atoms with Crippen LogP contribution in [0.4, 0.5) is 10.6 Å². The minimum atomic E-state index is -0.424. The van der Waals surface area contributed by atoms with Gasteiger partial charge in [0, 0.05) is 29.8 Å². The second-order valence-electron chi connectivity index (χ2n) is 12.3. The molecule has 2 heterocycles. The number of hydrogen-bond donors (Lipinski definition) is 3. The summed E-state index contributed by atoms with van der Waals surface area (Å²) in [5.41, 5.74) is 3.98. The number of carbonyl (C=O) groups excluding carboxylic acids is 1. The van der Waals surface area contributed by atoms with Crippen LogP contribution in [0.3, 0.4) is 0 Å². The van der Waals surface area contributed by atoms with Crippen LogP contribution >= 0.6 is 23.2 Å². The monoisotopic (exact) mass is 747 g/mol. The van der Waals surface area contributed by atoms with Crippen molar-refractivity contribution in [2.24, 2.45) is 0 Å². The van der Waals surface area contributed by atoms with E-state index in [4.69, 9.17) is 37.8 Å². The minimum absolute atomic E-state index is 0. The molecule has 0 bridgehead atoms. The molecule has 3 aromatic carbocycles. The van der Waals surface area contributed by atoms with Gasteiger partial charge in [-0.05, 0) is 60.0 Å². The first kappa shape index (κ1) is 41.1. The Balaban J connectivity index is 0.00000338. The Bertz CT molecular complexity index is 2010. The van der Waals surface area contributed by atoms with Crippen molar-refractivity contribution in [2.75, 3.05) is 12.4 Å². The number of nitrogens with one attached hydrogen (secondary N) is 2. The zero-order valence-electron chi connectivity index (χ0n) is 28.7. The molecule has 0 spiro atoms. The van der Waals surface area contributed by atoms with Gasteiger partial charge in [0.25, 0.3) is 5.56 Å². The normalized spacial score (nSPS) is 10.9. The Hall–Kier alpha value is -3.36. The molecule has 0 aliphatic heterocycles. The average molecular weight is 749 g/mol. The smallest absolute Gasteiger partial charge is 1.00 e. The molecule has 0 aliphatic carbocycles. The standard InChI is InChI=1S/C36H37Cl2N5O5.FH.K/c1-22-16-30(33(38)34(45)42(22)20-23-10-15-28(37)29(17-23)47-5)48-21-25-9-7-6-8-24(25)19-39-35(46)40-32-18-31(36(2,3)4)41-43(32)26-11-13-27(44)14-12-26;;/h6-18,44H,19-21H2,1-5H3,(H2,39,40,46);1H;/q;;+1/p-1. The third-order valence-electron chi connectivity index (χ3n) is 7.73. The molecule has 0 aliphatic rings. The number of rotatable bonds is 10. The van der Waals surface area contributed by atoms with E-state index in [2.05, 4.69) is 10.6 Å². The number of aromatic nitrogens is 3. The summed E-state index contributed by atoms with van der Waals surface area (Å²) < 4.78 is 14.5. The largest absolute Gasteiger partial charge is 1.00 e. The summed E-state index contributed by atoms with van der Waals surface area (Å²) in [7, 11) is 1.54. The number of nitrogens with zero attached hydrogens (tertiary/aromatic N) is 3. The zero-order valence-corrected chi connectivity index (χ0v) is 33.3. The van der Waals surface area contributed by atoms with Gasteiger partial charge in [-0.25, -0.2) is 9.48 Å². The molecule has 3 N–H and O–H groups in total. The molecule has 0 radical (unpaired) electrons. The van der Waals surface area contributed by atoms with Gasteiger partial charge in [0.1, 0.15) is 34.7 Å². The fraction of sp³-hybridized carbons (Fsp3) is 0.250. The maximum absolute atomic E-state index is 13.2. The number of amides is 2. The summed E-state index contributed by atoms with van der Waals surface area (Å²) in [4.78, 5) is 26.4. The van der Waals surface area contributed by atoms with E-state index in [1.165, 1.54) is 7.11 Å². The van der Waals surface area contributed by atoms with E-state index in [9.17, 15) is 14.7 Å². The molecule has 258 valence electrons. The number of benzene rings is 3. The third-order valence-corrected chi connectivity index (χ3v) is 8.39. The van der Waals surface area contributed by atoms with Gasteiger partial charge < -0.3 is 29.2 Å². The van der Waals surface area contributed by atoms with Crippen LogP contribution in [-0.4, -0.2) is 32.6 Å². The van der Waals surface area contributed by atoms with Crippen molar-refractivity contribution in [2.45, 2.75) is 52.8 Å². The van der Waals surface area contributed by atoms with Crippen LogP contribution in [0.15, 0.2) is 83.7 Å². The van der Waals surface area contributed by atoms with E-state index in [0.29, 0.717) is 28.0 Å². The molecule has 0 atom stereocenters. The predicted molar refractivity (Wildman–Crippen MR) is 188 cm³/mol. The first-order chi connectivity index (χ1) is 22.8. The van der Waals surface area contributed by atoms with Crippen molar-refractivity contribution in [3.63, 3.8) is 0 Å². The average Bonchev–Trinajstić information content (AvgIpc) is 3.49. The van der Waals surface area contributed by atoms with Crippen molar-refractivity contribution in [3.8, 4) is 22.9 Å². The van der Waals surface area contributed by atoms with Gasteiger partial charge in [-0.15, -0.1) is 0 Å². The van der Waals surface area contributed by atoms with E-state index < -0.39 is 6.03 Å². The number of halogens is 3. The molecular formula is C36H37Cl2FKN5O5. The number of ether oxygens (including phenoxy) is 2. The van der Waals surface area contributed by atoms with Crippen molar-refractivity contribution in [1.29, 1.82) is 0 Å². The minimum Gasteiger partial charge on any atom is -1.00 e. The summed E-state index contributed by atoms with van der Waals surface area (Å²) in [5.74, 6) is 1.40. The third kappa shape index (κ3) is 9.90. The SMILES string of the molecule is COc1cc(Cn2c(C)cc(OCc3ccccc3CNC(=O)Nc3cc(C(C)(C)C)nn3-c3ccc(O)cc3)c(Cl)c2=O)ccc1Cl.[F-].[K+]. The number of phenolic OH excluding ortho intramolecular Hbond substituents is 1. The van der Waals surface area contributed by atoms with E-state index in [-0.39, 0.29) is 103 Å². The Labute approximate surface area is 342 Å². The first-order valence-corrected chi connectivity index (χ1v) is 16.0. The van der Waals surface area contributed by atoms with E-state index >= 15 is 0 Å². The molecule has 2 aromatic heterocycles. The fourth-order valence-corrected chi connectivity index (χ4v) is 5.40. The summed E-state index contributed by atoms with van der Waals surface area (Å²) in [5, 5.41) is 20.7. The molecule has 0 saturated carbocycles. The molecule has 0 saturated heterocycles. The second kappa shape index (κ2) is 17.7. The molecule has 0 fully saturated rings. The van der Waals surface area contributed by atoms with Gasteiger partial charge in [0.2, 0.25) is 0 Å². The molecule has 50 heavy (non-hydrogen) atoms. The summed E-state index contributed by atoms with van der Waals surface area (Å²) in [6.07, 6.45) is 0. The number of carbonyl (C=O) groups is 1. The van der Waals surface area contributed by atoms with Crippen LogP contribution in [0, 0.1) is 6.92 Å². The Morgan fingerprint density at radius 2 is 1.64 bits per heavy atom. The molecule has 5 rings (SSSR count). The van der Waals surface area contributed by atoms with Crippen LogP contribution in [-0.2, 0) is 25.1 Å². The summed E-state index contributed by atoms with van der Waals surface area (Å²) in [6.45, 7) is 8.55. The summed E-state index contributed by atoms with van der Waals surface area (Å²) >= 11 is 12.7. The van der Waals surface area contributed by atoms with Crippen LogP contribution in [0.1, 0.15) is 48.8 Å². The maximum atomic E-state index is 13.2. The van der Waals surface area contributed by atoms with Crippen molar-refractivity contribution < 1.29 is 75.5 Å². The summed E-state index contributed by atoms with van der Waals surface area (Å²) in [6, 6.07) is 22.6. The number of phenols is 1. The number of anilines is 1. The Kier molecular flexibility index (Phi) is 14.6. The topological polar surface area (TPSA) is 120 Å². The molecular weight excluding hydrogens is 711 g/mol. The van der Waals surface area contributed by atoms with Gasteiger partial charge in [0.15, 0.2) is 0 Å². The quantitative estimate of drug-likeness (QED) is 0.187. The Morgan fingerprint density at radius 3 is 2.30 bits per heavy atom. The van der Waals surface area contributed by atoms with Crippen molar-refractivity contribution in [1.82, 2.24) is 19.7 Å². The second-order valence-corrected chi connectivity index (χ2v) is 13.1. The van der Waals surface area contributed by atoms with E-state index in [1.807, 2.05) is 64.1 Å². The number of pyridine rings is 1. The van der Waals surface area contributed by atoms with Gasteiger partial charge in [-0.1, -0.05) is 74.3 Å². The number of methoxy groups -OCH3 is 1. The molecule has 0 unspecified atom stereocenters. The number of aromatic hydroxyl groups is 1. The van der Waals surface area contributed by atoms with Gasteiger partial charge >= 0.3 is 57.4 Å². The zero-order chi connectivity index (χ0) is 34.6. The fourth-order valence-electron chi connectivity index (χ4n) is 4.99. The van der Waals surface area contributed by atoms with Crippen LogP contribution in [0.2, 0.25) is 10.0 Å². The van der Waals surface area contributed by atoms with Gasteiger partial charge in [0.05, 0.1) is 30.1 Å². The predicted octanol–water partition coefficient (Wildman–Crippen LogP) is 1.62. The molecule has 10 nitrogen and oxygen atoms in total. The molecule has 14 heteroatoms. The number of aryl methyl sites for hydroxylation is 1. The van der Waals surface area contributed by atoms with E-state index in [0.717, 1.165) is 22.4 Å².